The Bertz CT molecular complexity index is 1660. The first-order valence-electron chi connectivity index (χ1n) is 13.7. The van der Waals surface area contributed by atoms with Gasteiger partial charge in [-0.15, -0.1) is 11.3 Å². The van der Waals surface area contributed by atoms with Crippen molar-refractivity contribution in [3.63, 3.8) is 0 Å². The zero-order valence-corrected chi connectivity index (χ0v) is 27.1. The predicted octanol–water partition coefficient (Wildman–Crippen LogP) is 9.09. The maximum absolute atomic E-state index is 13.8. The van der Waals surface area contributed by atoms with Crippen molar-refractivity contribution in [1.82, 2.24) is 0 Å². The summed E-state index contributed by atoms with van der Waals surface area (Å²) in [7, 11) is -2.07. The van der Waals surface area contributed by atoms with E-state index in [4.69, 9.17) is 10.3 Å². The number of carbonyl (C=O) groups excluding carboxylic acids is 2. The zero-order valence-electron chi connectivity index (χ0n) is 25.4. The molecule has 2 atom stereocenters. The largest absolute Gasteiger partial charge is 0.560 e. The molecule has 47 heavy (non-hydrogen) atoms. The number of esters is 2. The third-order valence-electron chi connectivity index (χ3n) is 5.23. The zero-order chi connectivity index (χ0) is 35.5. The lowest BCUT2D eigenvalue weighted by Crippen LogP contribution is -2.28. The smallest absolute Gasteiger partial charge is 0.465 e. The van der Waals surface area contributed by atoms with Gasteiger partial charge in [-0.25, -0.2) is 26.7 Å². The molecule has 0 aliphatic carbocycles. The highest BCUT2D eigenvalue weighted by Gasteiger charge is 2.29. The SMILES string of the molecule is CC(C)(F)F.CCCOC(=O)C(C)N.O=C(Oc1c(F)c(F)c(F)c(F)c1F)c1cc2cc(C[P+](=O)Oc3ccccc3)ccc2s1. The number of carbonyl (C=O) groups is 2. The molecule has 0 aliphatic heterocycles. The molecule has 0 fully saturated rings. The van der Waals surface area contributed by atoms with E-state index in [1.54, 1.807) is 55.5 Å². The van der Waals surface area contributed by atoms with E-state index >= 15 is 0 Å². The van der Waals surface area contributed by atoms with Gasteiger partial charge in [-0.1, -0.05) is 31.2 Å². The highest BCUT2D eigenvalue weighted by atomic mass is 32.1. The lowest BCUT2D eigenvalue weighted by molar-refractivity contribution is -0.144. The molecule has 0 saturated heterocycles. The van der Waals surface area contributed by atoms with Crippen LogP contribution in [0, 0.1) is 29.1 Å². The second-order valence-electron chi connectivity index (χ2n) is 9.95. The minimum atomic E-state index is -2.50. The Hall–Kier alpha value is -4.07. The highest BCUT2D eigenvalue weighted by Crippen LogP contribution is 2.35. The molecule has 2 unspecified atom stereocenters. The average Bonchev–Trinajstić information content (AvgIpc) is 3.43. The van der Waals surface area contributed by atoms with E-state index in [1.165, 1.54) is 6.07 Å². The first kappa shape index (κ1) is 39.1. The van der Waals surface area contributed by atoms with Crippen molar-refractivity contribution in [3.05, 3.63) is 94.1 Å². The number of halogens is 7. The summed E-state index contributed by atoms with van der Waals surface area (Å²) in [5.41, 5.74) is 5.84. The number of fused-ring (bicyclic) bond motifs is 1. The van der Waals surface area contributed by atoms with E-state index in [-0.39, 0.29) is 17.0 Å². The van der Waals surface area contributed by atoms with Crippen molar-refractivity contribution in [1.29, 1.82) is 0 Å². The standard InChI is InChI=1S/C22H11F5O4PS.C6H13NO2.C3H6F2/c23-16-17(24)19(26)21(20(27)18(16)25)30-22(28)15-9-12-8-11(6-7-14(12)33-15)10-32(29)31-13-4-2-1-3-5-13;1-3-4-9-6(8)5(2)7;1-3(2,4)5/h1-9H,10H2;5H,3-4,7H2,1-2H3;1-2H3/q+1;;. The van der Waals surface area contributed by atoms with Gasteiger partial charge in [0.2, 0.25) is 46.9 Å². The van der Waals surface area contributed by atoms with Gasteiger partial charge in [0.15, 0.2) is 5.75 Å². The minimum absolute atomic E-state index is 0.0837. The molecule has 7 nitrogen and oxygen atoms in total. The van der Waals surface area contributed by atoms with Crippen molar-refractivity contribution in [3.8, 4) is 11.5 Å². The number of benzene rings is 3. The Balaban J connectivity index is 0.000000460. The Kier molecular flexibility index (Phi) is 14.8. The molecule has 3 aromatic carbocycles. The molecule has 0 aliphatic rings. The van der Waals surface area contributed by atoms with E-state index in [0.717, 1.165) is 31.6 Å². The lowest BCUT2D eigenvalue weighted by Gasteiger charge is -2.07. The van der Waals surface area contributed by atoms with Crippen molar-refractivity contribution < 1.29 is 58.9 Å². The average molecular weight is 709 g/mol. The Labute approximate surface area is 270 Å². The minimum Gasteiger partial charge on any atom is -0.465 e. The summed E-state index contributed by atoms with van der Waals surface area (Å²) in [6.45, 7) is 5.73. The van der Waals surface area contributed by atoms with Crippen LogP contribution < -0.4 is 15.0 Å². The molecule has 0 radical (unpaired) electrons. The van der Waals surface area contributed by atoms with E-state index < -0.39 is 60.8 Å². The second kappa shape index (κ2) is 17.7. The normalized spacial score (nSPS) is 11.8. The van der Waals surface area contributed by atoms with Gasteiger partial charge in [-0.3, -0.25) is 9.32 Å². The van der Waals surface area contributed by atoms with Crippen LogP contribution in [0.4, 0.5) is 30.7 Å². The molecule has 4 rings (SSSR count). The monoisotopic (exact) mass is 708 g/mol. The van der Waals surface area contributed by atoms with E-state index in [2.05, 4.69) is 9.47 Å². The molecule has 1 aromatic heterocycles. The molecule has 2 N–H and O–H groups in total. The number of alkyl halides is 2. The number of para-hydroxylation sites is 1. The van der Waals surface area contributed by atoms with Crippen LogP contribution in [0.5, 0.6) is 11.5 Å². The van der Waals surface area contributed by atoms with Crippen LogP contribution in [0.15, 0.2) is 54.6 Å². The van der Waals surface area contributed by atoms with Crippen molar-refractivity contribution >= 4 is 41.4 Å². The number of hydrogen-bond acceptors (Lipinski definition) is 8. The summed E-state index contributed by atoms with van der Waals surface area (Å²) < 4.78 is 117. The fourth-order valence-electron chi connectivity index (χ4n) is 3.22. The molecular formula is C31H30F7NO6PS+. The third kappa shape index (κ3) is 12.6. The number of ether oxygens (including phenoxy) is 2. The maximum atomic E-state index is 13.8. The Morgan fingerprint density at radius 3 is 2.00 bits per heavy atom. The fraction of sp³-hybridized carbons (Fsp3) is 0.290. The first-order chi connectivity index (χ1) is 21.9. The number of rotatable bonds is 9. The molecule has 16 heteroatoms. The summed E-state index contributed by atoms with van der Waals surface area (Å²) >= 11 is 0.893. The molecule has 254 valence electrons. The van der Waals surface area contributed by atoms with Gasteiger partial charge >= 0.3 is 20.0 Å². The van der Waals surface area contributed by atoms with E-state index in [0.29, 0.717) is 28.0 Å². The van der Waals surface area contributed by atoms with Crippen LogP contribution in [0.25, 0.3) is 10.1 Å². The summed E-state index contributed by atoms with van der Waals surface area (Å²) in [5, 5.41) is 0.532. The van der Waals surface area contributed by atoms with Crippen LogP contribution in [-0.4, -0.2) is 30.5 Å². The summed E-state index contributed by atoms with van der Waals surface area (Å²) in [6, 6.07) is 14.4. The lowest BCUT2D eigenvalue weighted by atomic mass is 10.2. The third-order valence-corrected chi connectivity index (χ3v) is 7.36. The number of thiophene rings is 1. The van der Waals surface area contributed by atoms with E-state index in [9.17, 15) is 44.9 Å². The van der Waals surface area contributed by atoms with Crippen LogP contribution >= 0.6 is 19.4 Å². The molecule has 0 saturated carbocycles. The van der Waals surface area contributed by atoms with Crippen molar-refractivity contribution in [2.24, 2.45) is 5.73 Å². The molecule has 0 spiro atoms. The van der Waals surface area contributed by atoms with E-state index in [1.807, 2.05) is 6.92 Å². The second-order valence-corrected chi connectivity index (χ2v) is 12.2. The molecule has 0 amide bonds. The van der Waals surface area contributed by atoms with Crippen LogP contribution in [0.2, 0.25) is 0 Å². The summed E-state index contributed by atoms with van der Waals surface area (Å²) in [4.78, 5) is 22.7. The van der Waals surface area contributed by atoms with Gasteiger partial charge in [0.25, 0.3) is 0 Å². The van der Waals surface area contributed by atoms with Gasteiger partial charge in [0.1, 0.15) is 10.9 Å². The van der Waals surface area contributed by atoms with Gasteiger partial charge in [0.05, 0.1) is 6.61 Å². The van der Waals surface area contributed by atoms with Gasteiger partial charge in [-0.2, -0.15) is 8.78 Å². The van der Waals surface area contributed by atoms with Crippen LogP contribution in [0.1, 0.15) is 49.4 Å². The molecule has 4 aromatic rings. The van der Waals surface area contributed by atoms with Gasteiger partial charge in [0, 0.05) is 10.3 Å². The number of nitrogens with two attached hydrogens (primary N) is 1. The van der Waals surface area contributed by atoms with Crippen molar-refractivity contribution in [2.75, 3.05) is 6.61 Å². The quantitative estimate of drug-likeness (QED) is 0.0462. The summed E-state index contributed by atoms with van der Waals surface area (Å²) in [6.07, 6.45) is 0.929. The van der Waals surface area contributed by atoms with Crippen molar-refractivity contribution in [2.45, 2.75) is 52.2 Å². The Morgan fingerprint density at radius 2 is 1.47 bits per heavy atom. The molecule has 0 bridgehead atoms. The first-order valence-corrected chi connectivity index (χ1v) is 15.8. The van der Waals surface area contributed by atoms with Crippen LogP contribution in [0.3, 0.4) is 0 Å². The molecular weight excluding hydrogens is 678 g/mol. The van der Waals surface area contributed by atoms with Gasteiger partial charge < -0.3 is 15.2 Å². The predicted molar refractivity (Wildman–Crippen MR) is 163 cm³/mol. The summed E-state index contributed by atoms with van der Waals surface area (Å²) in [5.74, 6) is -16.6. The highest BCUT2D eigenvalue weighted by molar-refractivity contribution is 7.38. The fourth-order valence-corrected chi connectivity index (χ4v) is 5.06. The topological polar surface area (TPSA) is 105 Å². The molecule has 1 heterocycles. The van der Waals surface area contributed by atoms with Gasteiger partial charge in [-0.05, 0) is 67.5 Å². The van der Waals surface area contributed by atoms with Crippen LogP contribution in [-0.2, 0) is 20.3 Å². The Morgan fingerprint density at radius 1 is 0.915 bits per heavy atom. The maximum Gasteiger partial charge on any atom is 0.560 e. The number of hydrogen-bond donors (Lipinski definition) is 1.